The second-order valence-corrected chi connectivity index (χ2v) is 7.81. The highest BCUT2D eigenvalue weighted by molar-refractivity contribution is 5.87. The summed E-state index contributed by atoms with van der Waals surface area (Å²) in [6, 6.07) is 17.6. The van der Waals surface area contributed by atoms with Gasteiger partial charge in [0.25, 0.3) is 0 Å². The van der Waals surface area contributed by atoms with E-state index in [9.17, 15) is 9.59 Å². The summed E-state index contributed by atoms with van der Waals surface area (Å²) in [6.07, 6.45) is 1.06. The zero-order chi connectivity index (χ0) is 20.5. The van der Waals surface area contributed by atoms with Crippen LogP contribution in [-0.4, -0.2) is 29.3 Å². The van der Waals surface area contributed by atoms with Crippen molar-refractivity contribution < 1.29 is 9.59 Å². The molecule has 2 aromatic carbocycles. The molecule has 150 valence electrons. The molecule has 1 N–H and O–H groups in total. The molecule has 0 aliphatic carbocycles. The molecule has 0 radical (unpaired) electrons. The first-order valence-corrected chi connectivity index (χ1v) is 10.0. The number of nitrogens with zero attached hydrogens (tertiary/aromatic N) is 1. The standard InChI is InChI=1S/C24H32N2O2/c1-18(2)16-25-24(28)20(4)26(17-22-12-10-19(3)11-13-22)23(27)15-14-21-8-6-5-7-9-21/h5-13,18,20H,14-17H2,1-4H3,(H,25,28)/t20-/m0/s1. The maximum atomic E-state index is 13.0. The Labute approximate surface area is 169 Å². The molecule has 0 saturated heterocycles. The van der Waals surface area contributed by atoms with Gasteiger partial charge in [-0.05, 0) is 37.3 Å². The van der Waals surface area contributed by atoms with Crippen LogP contribution in [-0.2, 0) is 22.6 Å². The smallest absolute Gasteiger partial charge is 0.242 e. The first-order chi connectivity index (χ1) is 13.4. The summed E-state index contributed by atoms with van der Waals surface area (Å²) >= 11 is 0. The van der Waals surface area contributed by atoms with Crippen molar-refractivity contribution in [1.82, 2.24) is 10.2 Å². The number of benzene rings is 2. The van der Waals surface area contributed by atoms with Crippen LogP contribution in [0.15, 0.2) is 54.6 Å². The lowest BCUT2D eigenvalue weighted by molar-refractivity contribution is -0.140. The van der Waals surface area contributed by atoms with E-state index in [1.54, 1.807) is 4.90 Å². The van der Waals surface area contributed by atoms with Crippen LogP contribution in [0.3, 0.4) is 0 Å². The number of rotatable bonds is 9. The third kappa shape index (κ3) is 6.84. The van der Waals surface area contributed by atoms with E-state index in [1.807, 2.05) is 68.4 Å². The number of carbonyl (C=O) groups excluding carboxylic acids is 2. The minimum Gasteiger partial charge on any atom is -0.354 e. The molecular weight excluding hydrogens is 348 g/mol. The predicted octanol–water partition coefficient (Wildman–Crippen LogP) is 4.12. The number of aryl methyl sites for hydroxylation is 2. The first-order valence-electron chi connectivity index (χ1n) is 10.0. The molecule has 0 aliphatic rings. The minimum atomic E-state index is -0.511. The van der Waals surface area contributed by atoms with E-state index < -0.39 is 6.04 Å². The Morgan fingerprint density at radius 2 is 1.57 bits per heavy atom. The van der Waals surface area contributed by atoms with Crippen LogP contribution >= 0.6 is 0 Å². The Kier molecular flexibility index (Phi) is 8.24. The van der Waals surface area contributed by atoms with Crippen LogP contribution in [0.2, 0.25) is 0 Å². The maximum absolute atomic E-state index is 13.0. The van der Waals surface area contributed by atoms with Gasteiger partial charge in [0, 0.05) is 19.5 Å². The molecule has 0 aliphatic heterocycles. The van der Waals surface area contributed by atoms with E-state index >= 15 is 0 Å². The van der Waals surface area contributed by atoms with Gasteiger partial charge in [0.15, 0.2) is 0 Å². The van der Waals surface area contributed by atoms with Crippen LogP contribution in [0, 0.1) is 12.8 Å². The monoisotopic (exact) mass is 380 g/mol. The van der Waals surface area contributed by atoms with E-state index in [2.05, 4.69) is 19.2 Å². The summed E-state index contributed by atoms with van der Waals surface area (Å²) in [5.74, 6) is 0.265. The highest BCUT2D eigenvalue weighted by Crippen LogP contribution is 2.14. The normalized spacial score (nSPS) is 11.9. The lowest BCUT2D eigenvalue weighted by atomic mass is 10.1. The molecule has 0 saturated carbocycles. The van der Waals surface area contributed by atoms with Gasteiger partial charge in [0.2, 0.25) is 11.8 Å². The Morgan fingerprint density at radius 3 is 2.18 bits per heavy atom. The SMILES string of the molecule is Cc1ccc(CN(C(=O)CCc2ccccc2)[C@@H](C)C(=O)NCC(C)C)cc1. The molecule has 0 heterocycles. The van der Waals surface area contributed by atoms with Gasteiger partial charge in [-0.1, -0.05) is 74.0 Å². The second kappa shape index (κ2) is 10.6. The predicted molar refractivity (Wildman–Crippen MR) is 114 cm³/mol. The van der Waals surface area contributed by atoms with Crippen LogP contribution in [0.5, 0.6) is 0 Å². The van der Waals surface area contributed by atoms with Gasteiger partial charge in [0.05, 0.1) is 0 Å². The van der Waals surface area contributed by atoms with E-state index in [-0.39, 0.29) is 11.8 Å². The molecule has 0 fully saturated rings. The Bertz CT molecular complexity index is 754. The maximum Gasteiger partial charge on any atom is 0.242 e. The fraction of sp³-hybridized carbons (Fsp3) is 0.417. The molecule has 2 rings (SSSR count). The molecular formula is C24H32N2O2. The largest absolute Gasteiger partial charge is 0.354 e. The van der Waals surface area contributed by atoms with Crippen molar-refractivity contribution in [3.8, 4) is 0 Å². The van der Waals surface area contributed by atoms with Crippen molar-refractivity contribution >= 4 is 11.8 Å². The average molecular weight is 381 g/mol. The third-order valence-electron chi connectivity index (χ3n) is 4.80. The molecule has 4 heteroatoms. The number of nitrogens with one attached hydrogen (secondary N) is 1. The van der Waals surface area contributed by atoms with Gasteiger partial charge in [-0.15, -0.1) is 0 Å². The van der Waals surface area contributed by atoms with Gasteiger partial charge in [-0.25, -0.2) is 0 Å². The van der Waals surface area contributed by atoms with Crippen molar-refractivity contribution in [3.63, 3.8) is 0 Å². The second-order valence-electron chi connectivity index (χ2n) is 7.81. The first kappa shape index (κ1) is 21.7. The molecule has 4 nitrogen and oxygen atoms in total. The fourth-order valence-corrected chi connectivity index (χ4v) is 2.96. The summed E-state index contributed by atoms with van der Waals surface area (Å²) in [4.78, 5) is 27.3. The van der Waals surface area contributed by atoms with Gasteiger partial charge in [-0.3, -0.25) is 9.59 Å². The fourth-order valence-electron chi connectivity index (χ4n) is 2.96. The van der Waals surface area contributed by atoms with Gasteiger partial charge < -0.3 is 10.2 Å². The molecule has 0 unspecified atom stereocenters. The number of carbonyl (C=O) groups is 2. The van der Waals surface area contributed by atoms with Crippen molar-refractivity contribution in [2.75, 3.05) is 6.54 Å². The molecule has 2 amide bonds. The van der Waals surface area contributed by atoms with Gasteiger partial charge in [-0.2, -0.15) is 0 Å². The van der Waals surface area contributed by atoms with Crippen LogP contribution in [0.25, 0.3) is 0 Å². The highest BCUT2D eigenvalue weighted by Gasteiger charge is 2.25. The number of amides is 2. The van der Waals surface area contributed by atoms with Gasteiger partial charge in [0.1, 0.15) is 6.04 Å². The van der Waals surface area contributed by atoms with Crippen molar-refractivity contribution in [2.45, 2.75) is 53.1 Å². The third-order valence-corrected chi connectivity index (χ3v) is 4.80. The van der Waals surface area contributed by atoms with Crippen molar-refractivity contribution in [1.29, 1.82) is 0 Å². The molecule has 0 spiro atoms. The summed E-state index contributed by atoms with van der Waals surface area (Å²) in [6.45, 7) is 9.00. The van der Waals surface area contributed by atoms with E-state index in [0.717, 1.165) is 11.1 Å². The lowest BCUT2D eigenvalue weighted by Gasteiger charge is -2.29. The Morgan fingerprint density at radius 1 is 0.929 bits per heavy atom. The highest BCUT2D eigenvalue weighted by atomic mass is 16.2. The molecule has 0 bridgehead atoms. The van der Waals surface area contributed by atoms with E-state index in [0.29, 0.717) is 31.8 Å². The van der Waals surface area contributed by atoms with E-state index in [1.165, 1.54) is 5.56 Å². The number of hydrogen-bond donors (Lipinski definition) is 1. The minimum absolute atomic E-state index is 0.00313. The van der Waals surface area contributed by atoms with Crippen LogP contribution in [0.1, 0.15) is 43.9 Å². The van der Waals surface area contributed by atoms with Crippen molar-refractivity contribution in [3.05, 3.63) is 71.3 Å². The van der Waals surface area contributed by atoms with Crippen LogP contribution in [0.4, 0.5) is 0 Å². The summed E-state index contributed by atoms with van der Waals surface area (Å²) in [5.41, 5.74) is 3.33. The Hall–Kier alpha value is -2.62. The van der Waals surface area contributed by atoms with Crippen LogP contribution < -0.4 is 5.32 Å². The quantitative estimate of drug-likeness (QED) is 0.711. The summed E-state index contributed by atoms with van der Waals surface area (Å²) in [5, 5.41) is 2.95. The molecule has 28 heavy (non-hydrogen) atoms. The topological polar surface area (TPSA) is 49.4 Å². The molecule has 0 aromatic heterocycles. The Balaban J connectivity index is 2.10. The van der Waals surface area contributed by atoms with Crippen molar-refractivity contribution in [2.24, 2.45) is 5.92 Å². The average Bonchev–Trinajstić information content (AvgIpc) is 2.70. The zero-order valence-electron chi connectivity index (χ0n) is 17.4. The molecule has 1 atom stereocenters. The summed E-state index contributed by atoms with van der Waals surface area (Å²) in [7, 11) is 0. The zero-order valence-corrected chi connectivity index (χ0v) is 17.4. The molecule has 2 aromatic rings. The van der Waals surface area contributed by atoms with Gasteiger partial charge >= 0.3 is 0 Å². The summed E-state index contributed by atoms with van der Waals surface area (Å²) < 4.78 is 0. The lowest BCUT2D eigenvalue weighted by Crippen LogP contribution is -2.48. The van der Waals surface area contributed by atoms with E-state index in [4.69, 9.17) is 0 Å². The number of hydrogen-bond acceptors (Lipinski definition) is 2.